The minimum atomic E-state index is -0.569. The molecule has 2 amide bonds. The first kappa shape index (κ1) is 27.9. The van der Waals surface area contributed by atoms with Gasteiger partial charge in [-0.15, -0.1) is 0 Å². The second kappa shape index (κ2) is 13.1. The van der Waals surface area contributed by atoms with E-state index in [2.05, 4.69) is 32.5 Å². The zero-order valence-electron chi connectivity index (χ0n) is 22.9. The van der Waals surface area contributed by atoms with E-state index in [-0.39, 0.29) is 17.6 Å². The van der Waals surface area contributed by atoms with Crippen molar-refractivity contribution in [1.82, 2.24) is 30.4 Å². The second-order valence-corrected chi connectivity index (χ2v) is 10.8. The number of likely N-dealkylation sites (N-methyl/N-ethyl adjacent to an activating group) is 1. The Hall–Kier alpha value is -3.69. The van der Waals surface area contributed by atoms with Crippen molar-refractivity contribution in [3.05, 3.63) is 83.9 Å². The number of benzene rings is 2. The summed E-state index contributed by atoms with van der Waals surface area (Å²) in [5.74, 6) is 0.557. The molecule has 0 bridgehead atoms. The quantitative estimate of drug-likeness (QED) is 0.360. The highest BCUT2D eigenvalue weighted by atomic mass is 19.1. The fourth-order valence-corrected chi connectivity index (χ4v) is 5.22. The van der Waals surface area contributed by atoms with Gasteiger partial charge in [0.05, 0.1) is 0 Å². The van der Waals surface area contributed by atoms with E-state index in [1.54, 1.807) is 30.6 Å². The van der Waals surface area contributed by atoms with Gasteiger partial charge in [0.25, 0.3) is 5.91 Å². The van der Waals surface area contributed by atoms with E-state index in [1.807, 2.05) is 29.2 Å². The van der Waals surface area contributed by atoms with Gasteiger partial charge in [-0.05, 0) is 75.2 Å². The molecule has 2 aromatic carbocycles. The molecule has 210 valence electrons. The van der Waals surface area contributed by atoms with Crippen LogP contribution in [0.4, 0.5) is 4.39 Å². The summed E-state index contributed by atoms with van der Waals surface area (Å²) in [7, 11) is 2.05. The van der Waals surface area contributed by atoms with E-state index in [9.17, 15) is 14.0 Å². The number of aromatic nitrogens is 2. The lowest BCUT2D eigenvalue weighted by atomic mass is 10.1. The summed E-state index contributed by atoms with van der Waals surface area (Å²) < 4.78 is 13.2. The third kappa shape index (κ3) is 7.28. The van der Waals surface area contributed by atoms with Gasteiger partial charge in [0.2, 0.25) is 5.91 Å². The first-order valence-electron chi connectivity index (χ1n) is 14.1. The average molecular weight is 545 g/mol. The maximum atomic E-state index is 13.5. The predicted octanol–water partition coefficient (Wildman–Crippen LogP) is 3.47. The van der Waals surface area contributed by atoms with Crippen molar-refractivity contribution in [3.63, 3.8) is 0 Å². The van der Waals surface area contributed by atoms with Gasteiger partial charge >= 0.3 is 0 Å². The monoisotopic (exact) mass is 544 g/mol. The number of carbonyl (C=O) groups excluding carboxylic acids is 2. The number of rotatable bonds is 11. The Morgan fingerprint density at radius 3 is 2.38 bits per heavy atom. The molecule has 2 N–H and O–H groups in total. The Kier molecular flexibility index (Phi) is 9.13. The number of piperazine rings is 1. The number of amides is 2. The van der Waals surface area contributed by atoms with Gasteiger partial charge in [0, 0.05) is 61.7 Å². The van der Waals surface area contributed by atoms with Crippen molar-refractivity contribution in [2.75, 3.05) is 39.8 Å². The van der Waals surface area contributed by atoms with Gasteiger partial charge in [-0.3, -0.25) is 9.59 Å². The Balaban J connectivity index is 1.14. The van der Waals surface area contributed by atoms with Crippen molar-refractivity contribution in [2.45, 2.75) is 43.7 Å². The van der Waals surface area contributed by atoms with Crippen LogP contribution in [0.5, 0.6) is 0 Å². The summed E-state index contributed by atoms with van der Waals surface area (Å²) in [5, 5.41) is 6.60. The van der Waals surface area contributed by atoms with Crippen LogP contribution in [-0.2, 0) is 4.79 Å². The Morgan fingerprint density at radius 2 is 1.68 bits per heavy atom. The summed E-state index contributed by atoms with van der Waals surface area (Å²) in [6.45, 7) is 3.84. The molecule has 1 aromatic heterocycles. The van der Waals surface area contributed by atoms with E-state index in [1.165, 1.54) is 17.7 Å². The standard InChI is InChI=1S/C31H37FN6O2/c1-37-17-19-38(20-18-37)31(40)27(5-2-3-14-33-28-21-26(28)22-10-12-25(32)13-11-22)36-30(39)24-8-6-23(7-9-24)29-34-15-4-16-35-29/h4,6-13,15-16,26-28,33H,2-3,5,14,17-21H2,1H3,(H,36,39)/t26-,27?,28+/m0/s1. The minimum Gasteiger partial charge on any atom is -0.340 e. The van der Waals surface area contributed by atoms with Crippen LogP contribution in [0.2, 0.25) is 0 Å². The van der Waals surface area contributed by atoms with Crippen LogP contribution in [-0.4, -0.2) is 83.4 Å². The molecule has 9 heteroatoms. The lowest BCUT2D eigenvalue weighted by Gasteiger charge is -2.34. The van der Waals surface area contributed by atoms with E-state index < -0.39 is 6.04 Å². The summed E-state index contributed by atoms with van der Waals surface area (Å²) >= 11 is 0. The first-order chi connectivity index (χ1) is 19.5. The number of carbonyl (C=O) groups is 2. The number of unbranched alkanes of at least 4 members (excludes halogenated alkanes) is 1. The largest absolute Gasteiger partial charge is 0.340 e. The molecule has 40 heavy (non-hydrogen) atoms. The maximum Gasteiger partial charge on any atom is 0.251 e. The molecule has 2 aliphatic rings. The Labute approximate surface area is 235 Å². The third-order valence-electron chi connectivity index (χ3n) is 7.80. The molecule has 1 saturated carbocycles. The zero-order valence-corrected chi connectivity index (χ0v) is 22.9. The molecule has 5 rings (SSSR count). The fourth-order valence-electron chi connectivity index (χ4n) is 5.22. The average Bonchev–Trinajstić information content (AvgIpc) is 3.77. The van der Waals surface area contributed by atoms with E-state index in [0.717, 1.165) is 44.5 Å². The van der Waals surface area contributed by atoms with E-state index in [4.69, 9.17) is 0 Å². The highest BCUT2D eigenvalue weighted by Crippen LogP contribution is 2.40. The topological polar surface area (TPSA) is 90.5 Å². The van der Waals surface area contributed by atoms with Gasteiger partial charge < -0.3 is 20.4 Å². The Bertz CT molecular complexity index is 1260. The molecular weight excluding hydrogens is 507 g/mol. The smallest absolute Gasteiger partial charge is 0.251 e. The summed E-state index contributed by atoms with van der Waals surface area (Å²) in [4.78, 5) is 39.2. The highest BCUT2D eigenvalue weighted by Gasteiger charge is 2.37. The molecule has 0 radical (unpaired) electrons. The third-order valence-corrected chi connectivity index (χ3v) is 7.80. The predicted molar refractivity (Wildman–Crippen MR) is 152 cm³/mol. The van der Waals surface area contributed by atoms with E-state index in [0.29, 0.717) is 42.9 Å². The Morgan fingerprint density at radius 1 is 0.975 bits per heavy atom. The molecule has 0 spiro atoms. The van der Waals surface area contributed by atoms with Crippen molar-refractivity contribution in [2.24, 2.45) is 0 Å². The number of halogens is 1. The maximum absolute atomic E-state index is 13.5. The number of hydrogen-bond donors (Lipinski definition) is 2. The molecule has 1 aliphatic carbocycles. The molecule has 1 aliphatic heterocycles. The summed E-state index contributed by atoms with van der Waals surface area (Å²) in [5.41, 5.74) is 2.49. The SMILES string of the molecule is CN1CCN(C(=O)C(CCCCN[C@@H]2C[C@H]2c2ccc(F)cc2)NC(=O)c2ccc(-c3ncccn3)cc2)CC1. The van der Waals surface area contributed by atoms with Gasteiger partial charge in [-0.2, -0.15) is 0 Å². The van der Waals surface area contributed by atoms with Crippen molar-refractivity contribution >= 4 is 11.8 Å². The van der Waals surface area contributed by atoms with Crippen LogP contribution in [0.1, 0.15) is 47.5 Å². The van der Waals surface area contributed by atoms with Crippen LogP contribution >= 0.6 is 0 Å². The fraction of sp³-hybridized carbons (Fsp3) is 0.419. The van der Waals surface area contributed by atoms with Crippen LogP contribution in [0.25, 0.3) is 11.4 Å². The van der Waals surface area contributed by atoms with Crippen LogP contribution < -0.4 is 10.6 Å². The number of nitrogens with one attached hydrogen (secondary N) is 2. The molecule has 3 aromatic rings. The molecule has 3 atom stereocenters. The molecule has 2 heterocycles. The van der Waals surface area contributed by atoms with Gasteiger partial charge in [0.1, 0.15) is 11.9 Å². The van der Waals surface area contributed by atoms with Gasteiger partial charge in [-0.1, -0.05) is 24.3 Å². The summed E-state index contributed by atoms with van der Waals surface area (Å²) in [6.07, 6.45) is 6.72. The van der Waals surface area contributed by atoms with Crippen molar-refractivity contribution in [3.8, 4) is 11.4 Å². The first-order valence-corrected chi connectivity index (χ1v) is 14.1. The highest BCUT2D eigenvalue weighted by molar-refractivity contribution is 5.97. The molecule has 2 fully saturated rings. The second-order valence-electron chi connectivity index (χ2n) is 10.8. The van der Waals surface area contributed by atoms with Crippen LogP contribution in [0, 0.1) is 5.82 Å². The van der Waals surface area contributed by atoms with Crippen LogP contribution in [0.3, 0.4) is 0 Å². The van der Waals surface area contributed by atoms with E-state index >= 15 is 0 Å². The lowest BCUT2D eigenvalue weighted by Crippen LogP contribution is -2.54. The molecular formula is C31H37FN6O2. The zero-order chi connectivity index (χ0) is 27.9. The van der Waals surface area contributed by atoms with Crippen molar-refractivity contribution in [1.29, 1.82) is 0 Å². The molecule has 1 saturated heterocycles. The number of nitrogens with zero attached hydrogens (tertiary/aromatic N) is 4. The lowest BCUT2D eigenvalue weighted by molar-refractivity contribution is -0.135. The van der Waals surface area contributed by atoms with Crippen LogP contribution in [0.15, 0.2) is 67.0 Å². The van der Waals surface area contributed by atoms with Crippen molar-refractivity contribution < 1.29 is 14.0 Å². The summed E-state index contributed by atoms with van der Waals surface area (Å²) in [6, 6.07) is 15.5. The van der Waals surface area contributed by atoms with Gasteiger partial charge in [0.15, 0.2) is 5.82 Å². The molecule has 8 nitrogen and oxygen atoms in total. The minimum absolute atomic E-state index is 0.0118. The number of hydrogen-bond acceptors (Lipinski definition) is 6. The normalized spacial score (nSPS) is 19.7. The van der Waals surface area contributed by atoms with Gasteiger partial charge in [-0.25, -0.2) is 14.4 Å². The molecule has 1 unspecified atom stereocenters.